The fourth-order valence-corrected chi connectivity index (χ4v) is 2.32. The van der Waals surface area contributed by atoms with Crippen LogP contribution in [0.25, 0.3) is 0 Å². The van der Waals surface area contributed by atoms with Gasteiger partial charge in [0.1, 0.15) is 0 Å². The molecule has 2 rings (SSSR count). The molecule has 0 radical (unpaired) electrons. The molecule has 104 valence electrons. The number of carbonyl (C=O) groups is 1. The van der Waals surface area contributed by atoms with Gasteiger partial charge in [0, 0.05) is 10.0 Å². The number of hydrogen-bond donors (Lipinski definition) is 2. The van der Waals surface area contributed by atoms with Gasteiger partial charge in [-0.3, -0.25) is 4.79 Å². The third-order valence-corrected chi connectivity index (χ3v) is 4.40. The van der Waals surface area contributed by atoms with Gasteiger partial charge in [-0.2, -0.15) is 0 Å². The van der Waals surface area contributed by atoms with E-state index in [1.807, 2.05) is 19.9 Å². The lowest BCUT2D eigenvalue weighted by atomic mass is 10.1. The van der Waals surface area contributed by atoms with Crippen molar-refractivity contribution in [2.24, 2.45) is 0 Å². The van der Waals surface area contributed by atoms with E-state index in [1.165, 1.54) is 0 Å². The van der Waals surface area contributed by atoms with Gasteiger partial charge in [-0.25, -0.2) is 0 Å². The first-order chi connectivity index (χ1) is 9.40. The maximum absolute atomic E-state index is 12.3. The molecule has 0 spiro atoms. The van der Waals surface area contributed by atoms with Crippen molar-refractivity contribution in [1.29, 1.82) is 0 Å². The number of rotatable bonds is 2. The third-order valence-electron chi connectivity index (χ3n) is 3.19. The molecule has 3 nitrogen and oxygen atoms in total. The summed E-state index contributed by atoms with van der Waals surface area (Å²) in [4.78, 5) is 12.3. The van der Waals surface area contributed by atoms with Crippen LogP contribution in [0.2, 0.25) is 5.02 Å². The van der Waals surface area contributed by atoms with Gasteiger partial charge in [-0.15, -0.1) is 0 Å². The molecule has 0 aliphatic carbocycles. The van der Waals surface area contributed by atoms with Crippen LogP contribution in [0.5, 0.6) is 0 Å². The van der Waals surface area contributed by atoms with Crippen LogP contribution in [0.4, 0.5) is 11.4 Å². The van der Waals surface area contributed by atoms with Crippen LogP contribution < -0.4 is 11.1 Å². The fraction of sp³-hybridized carbons (Fsp3) is 0.133. The lowest BCUT2D eigenvalue weighted by molar-refractivity contribution is 0.102. The Labute approximate surface area is 131 Å². The predicted molar refractivity (Wildman–Crippen MR) is 87.4 cm³/mol. The highest BCUT2D eigenvalue weighted by molar-refractivity contribution is 9.10. The molecular formula is C15H14BrClN2O. The van der Waals surface area contributed by atoms with Gasteiger partial charge in [0.15, 0.2) is 0 Å². The minimum Gasteiger partial charge on any atom is -0.397 e. The number of amides is 1. The molecule has 0 atom stereocenters. The molecule has 0 saturated carbocycles. The maximum atomic E-state index is 12.3. The van der Waals surface area contributed by atoms with Crippen molar-refractivity contribution < 1.29 is 4.79 Å². The fourth-order valence-electron chi connectivity index (χ4n) is 1.83. The lowest BCUT2D eigenvalue weighted by Crippen LogP contribution is -2.14. The van der Waals surface area contributed by atoms with Crippen LogP contribution in [-0.4, -0.2) is 5.91 Å². The summed E-state index contributed by atoms with van der Waals surface area (Å²) in [6.07, 6.45) is 0. The molecule has 0 fully saturated rings. The molecule has 0 heterocycles. The van der Waals surface area contributed by atoms with Crippen molar-refractivity contribution in [2.45, 2.75) is 13.8 Å². The molecule has 0 aliphatic rings. The Morgan fingerprint density at radius 1 is 1.25 bits per heavy atom. The molecule has 0 aliphatic heterocycles. The van der Waals surface area contributed by atoms with Gasteiger partial charge in [0.2, 0.25) is 0 Å². The van der Waals surface area contributed by atoms with E-state index >= 15 is 0 Å². The van der Waals surface area contributed by atoms with E-state index in [4.69, 9.17) is 17.3 Å². The highest BCUT2D eigenvalue weighted by atomic mass is 79.9. The Morgan fingerprint density at radius 3 is 2.60 bits per heavy atom. The number of nitrogens with two attached hydrogens (primary N) is 1. The molecular weight excluding hydrogens is 340 g/mol. The topological polar surface area (TPSA) is 55.1 Å². The van der Waals surface area contributed by atoms with Crippen molar-refractivity contribution in [2.75, 3.05) is 11.1 Å². The second kappa shape index (κ2) is 5.85. The van der Waals surface area contributed by atoms with E-state index in [2.05, 4.69) is 21.2 Å². The van der Waals surface area contributed by atoms with Gasteiger partial charge in [-0.05, 0) is 65.2 Å². The summed E-state index contributed by atoms with van der Waals surface area (Å²) in [6.45, 7) is 3.91. The van der Waals surface area contributed by atoms with Gasteiger partial charge in [-0.1, -0.05) is 17.7 Å². The number of nitrogens with one attached hydrogen (secondary N) is 1. The molecule has 2 aromatic rings. The number of halogens is 2. The Hall–Kier alpha value is -1.52. The zero-order valence-corrected chi connectivity index (χ0v) is 13.5. The van der Waals surface area contributed by atoms with Crippen LogP contribution in [0.15, 0.2) is 34.8 Å². The molecule has 20 heavy (non-hydrogen) atoms. The summed E-state index contributed by atoms with van der Waals surface area (Å²) in [6, 6.07) is 8.74. The van der Waals surface area contributed by atoms with Crippen LogP contribution in [0.3, 0.4) is 0 Å². The average molecular weight is 354 g/mol. The van der Waals surface area contributed by atoms with Crippen molar-refractivity contribution in [1.82, 2.24) is 0 Å². The Bertz CT molecular complexity index is 686. The van der Waals surface area contributed by atoms with E-state index in [0.29, 0.717) is 26.4 Å². The summed E-state index contributed by atoms with van der Waals surface area (Å²) in [7, 11) is 0. The minimum atomic E-state index is -0.220. The molecule has 3 N–H and O–H groups in total. The predicted octanol–water partition coefficient (Wildman–Crippen LogP) is 4.55. The van der Waals surface area contributed by atoms with Crippen LogP contribution in [0.1, 0.15) is 21.5 Å². The molecule has 2 aromatic carbocycles. The smallest absolute Gasteiger partial charge is 0.255 e. The molecule has 0 saturated heterocycles. The first-order valence-electron chi connectivity index (χ1n) is 6.02. The number of carbonyl (C=O) groups excluding carboxylic acids is 1. The summed E-state index contributed by atoms with van der Waals surface area (Å²) in [5, 5.41) is 3.42. The Kier molecular flexibility index (Phi) is 4.35. The van der Waals surface area contributed by atoms with E-state index in [-0.39, 0.29) is 5.91 Å². The van der Waals surface area contributed by atoms with E-state index < -0.39 is 0 Å². The molecule has 5 heteroatoms. The second-order valence-electron chi connectivity index (χ2n) is 4.55. The van der Waals surface area contributed by atoms with Crippen LogP contribution in [0, 0.1) is 13.8 Å². The SMILES string of the molecule is Cc1ccc(N)c(NC(=O)c2ccc(Cl)c(Br)c2)c1C. The van der Waals surface area contributed by atoms with Gasteiger partial charge in [0.25, 0.3) is 5.91 Å². The normalized spacial score (nSPS) is 10.4. The quantitative estimate of drug-likeness (QED) is 0.778. The molecule has 0 unspecified atom stereocenters. The van der Waals surface area contributed by atoms with Gasteiger partial charge < -0.3 is 11.1 Å². The number of nitrogen functional groups attached to an aromatic ring is 1. The number of hydrogen-bond acceptors (Lipinski definition) is 2. The van der Waals surface area contributed by atoms with Crippen LogP contribution in [-0.2, 0) is 0 Å². The highest BCUT2D eigenvalue weighted by Gasteiger charge is 2.12. The second-order valence-corrected chi connectivity index (χ2v) is 5.82. The summed E-state index contributed by atoms with van der Waals surface area (Å²) in [5.74, 6) is -0.220. The van der Waals surface area contributed by atoms with Gasteiger partial charge >= 0.3 is 0 Å². The van der Waals surface area contributed by atoms with Crippen molar-refractivity contribution >= 4 is 44.8 Å². The van der Waals surface area contributed by atoms with E-state index in [0.717, 1.165) is 11.1 Å². The van der Waals surface area contributed by atoms with Gasteiger partial charge in [0.05, 0.1) is 16.4 Å². The van der Waals surface area contributed by atoms with Crippen molar-refractivity contribution in [3.63, 3.8) is 0 Å². The van der Waals surface area contributed by atoms with Crippen LogP contribution >= 0.6 is 27.5 Å². The highest BCUT2D eigenvalue weighted by Crippen LogP contribution is 2.27. The maximum Gasteiger partial charge on any atom is 0.255 e. The van der Waals surface area contributed by atoms with Crippen molar-refractivity contribution in [3.8, 4) is 0 Å². The summed E-state index contributed by atoms with van der Waals surface area (Å²) < 4.78 is 0.681. The Morgan fingerprint density at radius 2 is 1.95 bits per heavy atom. The average Bonchev–Trinajstić information content (AvgIpc) is 2.42. The van der Waals surface area contributed by atoms with E-state index in [9.17, 15) is 4.79 Å². The molecule has 1 amide bonds. The monoisotopic (exact) mass is 352 g/mol. The molecule has 0 bridgehead atoms. The zero-order chi connectivity index (χ0) is 14.9. The number of anilines is 2. The molecule has 0 aromatic heterocycles. The van der Waals surface area contributed by atoms with Crippen molar-refractivity contribution in [3.05, 3.63) is 56.5 Å². The lowest BCUT2D eigenvalue weighted by Gasteiger charge is -2.13. The number of benzene rings is 2. The zero-order valence-electron chi connectivity index (χ0n) is 11.1. The number of aryl methyl sites for hydroxylation is 1. The van der Waals surface area contributed by atoms with E-state index in [1.54, 1.807) is 24.3 Å². The standard InChI is InChI=1S/C15H14BrClN2O/c1-8-3-6-13(18)14(9(8)2)19-15(20)10-4-5-12(17)11(16)7-10/h3-7H,18H2,1-2H3,(H,19,20). The minimum absolute atomic E-state index is 0.220. The summed E-state index contributed by atoms with van der Waals surface area (Å²) >= 11 is 9.22. The first-order valence-corrected chi connectivity index (χ1v) is 7.19. The largest absolute Gasteiger partial charge is 0.397 e. The Balaban J connectivity index is 2.32. The first kappa shape index (κ1) is 14.9. The summed E-state index contributed by atoms with van der Waals surface area (Å²) in [5.41, 5.74) is 9.69. The third kappa shape index (κ3) is 2.97.